The fraction of sp³-hybridized carbons (Fsp3) is 0.231. The third-order valence-electron chi connectivity index (χ3n) is 2.58. The molecule has 0 atom stereocenters. The quantitative estimate of drug-likeness (QED) is 0.837. The molecule has 0 aliphatic carbocycles. The third kappa shape index (κ3) is 2.47. The van der Waals surface area contributed by atoms with Crippen LogP contribution < -0.4 is 5.32 Å². The van der Waals surface area contributed by atoms with Gasteiger partial charge >= 0.3 is 0 Å². The summed E-state index contributed by atoms with van der Waals surface area (Å²) in [5.41, 5.74) is 0.422. The van der Waals surface area contributed by atoms with E-state index in [1.807, 2.05) is 32.0 Å². The van der Waals surface area contributed by atoms with Crippen LogP contribution >= 0.6 is 0 Å². The van der Waals surface area contributed by atoms with E-state index in [1.54, 1.807) is 18.2 Å². The maximum Gasteiger partial charge on any atom is 0.297 e. The van der Waals surface area contributed by atoms with Gasteiger partial charge in [0.1, 0.15) is 4.90 Å². The zero-order chi connectivity index (χ0) is 13.3. The largest absolute Gasteiger partial charge is 0.382 e. The fourth-order valence-corrected chi connectivity index (χ4v) is 2.81. The lowest BCUT2D eigenvalue weighted by molar-refractivity contribution is 0.484. The van der Waals surface area contributed by atoms with Gasteiger partial charge in [-0.05, 0) is 25.3 Å². The Morgan fingerprint density at radius 1 is 1.11 bits per heavy atom. The third-order valence-corrected chi connectivity index (χ3v) is 3.54. The molecule has 4 nitrogen and oxygen atoms in total. The van der Waals surface area contributed by atoms with Crippen LogP contribution in [-0.4, -0.2) is 19.0 Å². The molecule has 5 heteroatoms. The Balaban J connectivity index is 2.80. The van der Waals surface area contributed by atoms with Crippen LogP contribution in [0.5, 0.6) is 0 Å². The van der Waals surface area contributed by atoms with Crippen molar-refractivity contribution in [3.05, 3.63) is 36.4 Å². The minimum absolute atomic E-state index is 0.0608. The molecule has 0 aliphatic rings. The summed E-state index contributed by atoms with van der Waals surface area (Å²) in [6.45, 7) is 3.81. The monoisotopic (exact) mass is 265 g/mol. The van der Waals surface area contributed by atoms with Crippen LogP contribution in [0.3, 0.4) is 0 Å². The van der Waals surface area contributed by atoms with Crippen molar-refractivity contribution in [3.8, 4) is 0 Å². The number of fused-ring (bicyclic) bond motifs is 1. The Labute approximate surface area is 106 Å². The highest BCUT2D eigenvalue weighted by Crippen LogP contribution is 2.30. The van der Waals surface area contributed by atoms with Gasteiger partial charge in [-0.2, -0.15) is 8.42 Å². The summed E-state index contributed by atoms with van der Waals surface area (Å²) < 4.78 is 32.5. The van der Waals surface area contributed by atoms with Gasteiger partial charge in [-0.3, -0.25) is 4.55 Å². The van der Waals surface area contributed by atoms with Gasteiger partial charge in [0.25, 0.3) is 10.1 Å². The number of anilines is 1. The summed E-state index contributed by atoms with van der Waals surface area (Å²) in [5, 5.41) is 4.33. The van der Waals surface area contributed by atoms with Crippen molar-refractivity contribution in [1.29, 1.82) is 0 Å². The van der Waals surface area contributed by atoms with Crippen molar-refractivity contribution in [2.45, 2.75) is 24.8 Å². The average molecular weight is 265 g/mol. The first kappa shape index (κ1) is 12.9. The van der Waals surface area contributed by atoms with Crippen LogP contribution in [0.2, 0.25) is 0 Å². The molecule has 2 N–H and O–H groups in total. The summed E-state index contributed by atoms with van der Waals surface area (Å²) in [5.74, 6) is 0. The van der Waals surface area contributed by atoms with Crippen LogP contribution in [0.4, 0.5) is 5.69 Å². The number of hydrogen-bond acceptors (Lipinski definition) is 3. The Morgan fingerprint density at radius 2 is 1.78 bits per heavy atom. The van der Waals surface area contributed by atoms with Crippen LogP contribution in [0.15, 0.2) is 41.3 Å². The van der Waals surface area contributed by atoms with E-state index < -0.39 is 10.1 Å². The molecule has 0 heterocycles. The molecule has 0 spiro atoms. The minimum atomic E-state index is -4.27. The van der Waals surface area contributed by atoms with E-state index in [0.717, 1.165) is 5.39 Å². The van der Waals surface area contributed by atoms with Gasteiger partial charge in [-0.15, -0.1) is 0 Å². The lowest BCUT2D eigenvalue weighted by Gasteiger charge is -2.15. The predicted molar refractivity (Wildman–Crippen MR) is 72.5 cm³/mol. The van der Waals surface area contributed by atoms with Gasteiger partial charge in [-0.1, -0.05) is 30.3 Å². The van der Waals surface area contributed by atoms with E-state index in [2.05, 4.69) is 5.32 Å². The minimum Gasteiger partial charge on any atom is -0.382 e. The van der Waals surface area contributed by atoms with Crippen molar-refractivity contribution in [2.75, 3.05) is 5.32 Å². The predicted octanol–water partition coefficient (Wildman–Crippen LogP) is 2.91. The normalized spacial score (nSPS) is 12.0. The van der Waals surface area contributed by atoms with Crippen LogP contribution in [0.25, 0.3) is 10.8 Å². The molecule has 0 saturated heterocycles. The molecule has 2 aromatic rings. The van der Waals surface area contributed by atoms with E-state index in [-0.39, 0.29) is 10.9 Å². The molecule has 2 rings (SSSR count). The zero-order valence-corrected chi connectivity index (χ0v) is 11.0. The van der Waals surface area contributed by atoms with Crippen LogP contribution in [-0.2, 0) is 10.1 Å². The zero-order valence-electron chi connectivity index (χ0n) is 10.2. The topological polar surface area (TPSA) is 66.4 Å². The molecule has 0 aliphatic heterocycles. The number of hydrogen-bond donors (Lipinski definition) is 2. The van der Waals surface area contributed by atoms with E-state index in [1.165, 1.54) is 0 Å². The van der Waals surface area contributed by atoms with Crippen molar-refractivity contribution in [2.24, 2.45) is 0 Å². The standard InChI is InChI=1S/C13H15NO3S/c1-9(2)14-12-8-7-10-5-3-4-6-11(10)13(12)18(15,16)17/h3-9,14H,1-2H3,(H,15,16,17). The lowest BCUT2D eigenvalue weighted by Crippen LogP contribution is -2.13. The second-order valence-corrected chi connectivity index (χ2v) is 5.80. The Kier molecular flexibility index (Phi) is 3.28. The summed E-state index contributed by atoms with van der Waals surface area (Å²) >= 11 is 0. The molecule has 0 unspecified atom stereocenters. The maximum atomic E-state index is 11.6. The molecule has 0 saturated carbocycles. The van der Waals surface area contributed by atoms with Gasteiger partial charge < -0.3 is 5.32 Å². The smallest absolute Gasteiger partial charge is 0.297 e. The van der Waals surface area contributed by atoms with Crippen molar-refractivity contribution >= 4 is 26.6 Å². The summed E-state index contributed by atoms with van der Waals surface area (Å²) in [6.07, 6.45) is 0. The second kappa shape index (κ2) is 4.59. The molecule has 2 aromatic carbocycles. The van der Waals surface area contributed by atoms with E-state index in [4.69, 9.17) is 0 Å². The molecule has 0 radical (unpaired) electrons. The molecule has 0 aromatic heterocycles. The molecule has 96 valence electrons. The lowest BCUT2D eigenvalue weighted by atomic mass is 10.1. The molecular formula is C13H15NO3S. The summed E-state index contributed by atoms with van der Waals surface area (Å²) in [4.78, 5) is -0.0608. The molecule has 0 amide bonds. The van der Waals surface area contributed by atoms with E-state index in [9.17, 15) is 13.0 Å². The highest BCUT2D eigenvalue weighted by atomic mass is 32.2. The summed E-state index contributed by atoms with van der Waals surface area (Å²) in [6, 6.07) is 10.6. The number of nitrogens with one attached hydrogen (secondary N) is 1. The van der Waals surface area contributed by atoms with Crippen molar-refractivity contribution in [3.63, 3.8) is 0 Å². The van der Waals surface area contributed by atoms with Gasteiger partial charge in [-0.25, -0.2) is 0 Å². The first-order valence-corrected chi connectivity index (χ1v) is 7.09. The second-order valence-electron chi connectivity index (χ2n) is 4.44. The molecule has 18 heavy (non-hydrogen) atoms. The summed E-state index contributed by atoms with van der Waals surface area (Å²) in [7, 11) is -4.27. The first-order chi connectivity index (χ1) is 8.39. The average Bonchev–Trinajstić information content (AvgIpc) is 2.26. The van der Waals surface area contributed by atoms with E-state index >= 15 is 0 Å². The van der Waals surface area contributed by atoms with Crippen molar-refractivity contribution < 1.29 is 13.0 Å². The van der Waals surface area contributed by atoms with Gasteiger partial charge in [0.05, 0.1) is 5.69 Å². The molecular weight excluding hydrogens is 250 g/mol. The van der Waals surface area contributed by atoms with Crippen molar-refractivity contribution in [1.82, 2.24) is 0 Å². The number of rotatable bonds is 3. The van der Waals surface area contributed by atoms with Gasteiger partial charge in [0, 0.05) is 11.4 Å². The Morgan fingerprint density at radius 3 is 2.39 bits per heavy atom. The van der Waals surface area contributed by atoms with Gasteiger partial charge in [0.15, 0.2) is 0 Å². The van der Waals surface area contributed by atoms with Crippen LogP contribution in [0.1, 0.15) is 13.8 Å². The fourth-order valence-electron chi connectivity index (χ4n) is 1.95. The molecule has 0 fully saturated rings. The Hall–Kier alpha value is -1.59. The van der Waals surface area contributed by atoms with Crippen LogP contribution in [0, 0.1) is 0 Å². The SMILES string of the molecule is CC(C)Nc1ccc2ccccc2c1S(=O)(=O)O. The number of benzene rings is 2. The van der Waals surface area contributed by atoms with Gasteiger partial charge in [0.2, 0.25) is 0 Å². The maximum absolute atomic E-state index is 11.6. The highest BCUT2D eigenvalue weighted by Gasteiger charge is 2.19. The Bertz CT molecular complexity index is 678. The molecule has 0 bridgehead atoms. The van der Waals surface area contributed by atoms with E-state index in [0.29, 0.717) is 11.1 Å². The highest BCUT2D eigenvalue weighted by molar-refractivity contribution is 7.86. The first-order valence-electron chi connectivity index (χ1n) is 5.65.